The second-order valence-electron chi connectivity index (χ2n) is 10.5. The molecular weight excluding hydrogens is 465 g/mol. The molecule has 1 aromatic rings. The molecule has 0 bridgehead atoms. The summed E-state index contributed by atoms with van der Waals surface area (Å²) in [6.07, 6.45) is -0.696. The number of hydrogen-bond acceptors (Lipinski definition) is 4. The largest absolute Gasteiger partial charge is 0.416 e. The predicted octanol–water partition coefficient (Wildman–Crippen LogP) is 5.51. The Bertz CT molecular complexity index is 1020. The molecule has 0 radical (unpaired) electrons. The molecule has 2 aliphatic heterocycles. The molecule has 5 nitrogen and oxygen atoms in total. The van der Waals surface area contributed by atoms with Crippen LogP contribution in [0.1, 0.15) is 68.9 Å². The van der Waals surface area contributed by atoms with Crippen molar-refractivity contribution in [1.82, 2.24) is 15.5 Å². The highest BCUT2D eigenvalue weighted by atomic mass is 19.4. The van der Waals surface area contributed by atoms with Gasteiger partial charge in [-0.1, -0.05) is 13.8 Å². The number of carbonyl (C=O) groups is 1. The Morgan fingerprint density at radius 3 is 2.42 bits per heavy atom. The molecule has 1 unspecified atom stereocenters. The SMILES string of the molecule is CCN(c1cc(C(F)(F)F)cc(C(=O)NCC2=C(C(C)C)C=C(C)NC2C)c1C)C1CCN(C)CC1. The maximum absolute atomic E-state index is 13.9. The zero-order chi connectivity index (χ0) is 26.8. The number of rotatable bonds is 7. The average molecular weight is 507 g/mol. The predicted molar refractivity (Wildman–Crippen MR) is 140 cm³/mol. The summed E-state index contributed by atoms with van der Waals surface area (Å²) in [5.41, 5.74) is 3.66. The number of anilines is 1. The number of amides is 1. The standard InChI is InChI=1S/C28H41F3N4O/c1-8-35(22-9-11-34(7)12-10-22)26-15-21(28(29,30)31)14-24(19(26)5)27(36)32-16-25-20(6)33-18(4)13-23(25)17(2)3/h13-15,17,20,22,33H,8-12,16H2,1-7H3,(H,32,36). The summed E-state index contributed by atoms with van der Waals surface area (Å²) in [6.45, 7) is 14.6. The third-order valence-electron chi connectivity index (χ3n) is 7.50. The zero-order valence-electron chi connectivity index (χ0n) is 22.6. The van der Waals surface area contributed by atoms with Crippen molar-refractivity contribution in [3.05, 3.63) is 51.7 Å². The molecule has 1 fully saturated rings. The average Bonchev–Trinajstić information content (AvgIpc) is 2.79. The lowest BCUT2D eigenvalue weighted by molar-refractivity contribution is -0.137. The van der Waals surface area contributed by atoms with Crippen LogP contribution in [0.2, 0.25) is 0 Å². The number of likely N-dealkylation sites (tertiary alicyclic amines) is 1. The van der Waals surface area contributed by atoms with E-state index in [-0.39, 0.29) is 30.1 Å². The van der Waals surface area contributed by atoms with Gasteiger partial charge in [0.1, 0.15) is 0 Å². The molecule has 0 spiro atoms. The Labute approximate surface area is 213 Å². The number of allylic oxidation sites excluding steroid dienone is 3. The fourth-order valence-corrected chi connectivity index (χ4v) is 5.44. The van der Waals surface area contributed by atoms with Crippen LogP contribution in [0, 0.1) is 12.8 Å². The van der Waals surface area contributed by atoms with E-state index in [4.69, 9.17) is 0 Å². The normalized spacial score (nSPS) is 19.9. The van der Waals surface area contributed by atoms with Gasteiger partial charge in [0, 0.05) is 42.1 Å². The molecule has 2 N–H and O–H groups in total. The molecule has 1 aromatic carbocycles. The number of dihydropyridines is 1. The van der Waals surface area contributed by atoms with Crippen molar-refractivity contribution in [2.24, 2.45) is 5.92 Å². The summed E-state index contributed by atoms with van der Waals surface area (Å²) < 4.78 is 41.8. The summed E-state index contributed by atoms with van der Waals surface area (Å²) >= 11 is 0. The van der Waals surface area contributed by atoms with Crippen molar-refractivity contribution in [3.63, 3.8) is 0 Å². The van der Waals surface area contributed by atoms with Crippen LogP contribution in [0.3, 0.4) is 0 Å². The molecule has 0 aliphatic carbocycles. The second kappa shape index (κ2) is 11.3. The number of piperidine rings is 1. The van der Waals surface area contributed by atoms with Crippen LogP contribution in [0.25, 0.3) is 0 Å². The van der Waals surface area contributed by atoms with Crippen molar-refractivity contribution in [2.45, 2.75) is 72.6 Å². The Morgan fingerprint density at radius 2 is 1.86 bits per heavy atom. The molecule has 0 aromatic heterocycles. The minimum atomic E-state index is -4.54. The Morgan fingerprint density at radius 1 is 1.22 bits per heavy atom. The third kappa shape index (κ3) is 6.25. The van der Waals surface area contributed by atoms with Crippen LogP contribution in [0.4, 0.5) is 18.9 Å². The van der Waals surface area contributed by atoms with Crippen molar-refractivity contribution in [3.8, 4) is 0 Å². The summed E-state index contributed by atoms with van der Waals surface area (Å²) in [4.78, 5) is 17.6. The minimum Gasteiger partial charge on any atom is -0.382 e. The Balaban J connectivity index is 1.96. The van der Waals surface area contributed by atoms with Crippen LogP contribution >= 0.6 is 0 Å². The Hall–Kier alpha value is -2.48. The van der Waals surface area contributed by atoms with E-state index in [2.05, 4.69) is 47.4 Å². The molecule has 2 heterocycles. The maximum Gasteiger partial charge on any atom is 0.416 e. The van der Waals surface area contributed by atoms with Gasteiger partial charge in [-0.05, 0) is 102 Å². The van der Waals surface area contributed by atoms with Crippen LogP contribution in [-0.4, -0.2) is 56.1 Å². The highest BCUT2D eigenvalue weighted by Gasteiger charge is 2.34. The molecule has 3 rings (SSSR count). The lowest BCUT2D eigenvalue weighted by Gasteiger charge is -2.39. The third-order valence-corrected chi connectivity index (χ3v) is 7.50. The summed E-state index contributed by atoms with van der Waals surface area (Å²) in [7, 11) is 2.06. The molecule has 36 heavy (non-hydrogen) atoms. The maximum atomic E-state index is 13.9. The minimum absolute atomic E-state index is 0.0332. The lowest BCUT2D eigenvalue weighted by atomic mass is 9.89. The smallest absolute Gasteiger partial charge is 0.382 e. The van der Waals surface area contributed by atoms with E-state index in [0.29, 0.717) is 17.8 Å². The van der Waals surface area contributed by atoms with Crippen LogP contribution < -0.4 is 15.5 Å². The van der Waals surface area contributed by atoms with Crippen LogP contribution in [0.5, 0.6) is 0 Å². The van der Waals surface area contributed by atoms with Crippen molar-refractivity contribution in [1.29, 1.82) is 0 Å². The van der Waals surface area contributed by atoms with Gasteiger partial charge < -0.3 is 20.4 Å². The molecule has 1 amide bonds. The highest BCUT2D eigenvalue weighted by molar-refractivity contribution is 5.97. The van der Waals surface area contributed by atoms with Gasteiger partial charge in [-0.2, -0.15) is 13.2 Å². The van der Waals surface area contributed by atoms with Gasteiger partial charge >= 0.3 is 6.18 Å². The number of nitrogens with one attached hydrogen (secondary N) is 2. The lowest BCUT2D eigenvalue weighted by Crippen LogP contribution is -2.44. The molecule has 2 aliphatic rings. The quantitative estimate of drug-likeness (QED) is 0.512. The van der Waals surface area contributed by atoms with Gasteiger partial charge in [0.05, 0.1) is 5.56 Å². The number of nitrogens with zero attached hydrogens (tertiary/aromatic N) is 2. The second-order valence-corrected chi connectivity index (χ2v) is 10.5. The topological polar surface area (TPSA) is 47.6 Å². The van der Waals surface area contributed by atoms with E-state index in [1.54, 1.807) is 6.92 Å². The molecule has 0 saturated carbocycles. The molecule has 200 valence electrons. The van der Waals surface area contributed by atoms with Crippen LogP contribution in [0.15, 0.2) is 35.1 Å². The van der Waals surface area contributed by atoms with Gasteiger partial charge in [-0.3, -0.25) is 4.79 Å². The zero-order valence-corrected chi connectivity index (χ0v) is 22.6. The monoisotopic (exact) mass is 506 g/mol. The van der Waals surface area contributed by atoms with Crippen LogP contribution in [-0.2, 0) is 6.18 Å². The fourth-order valence-electron chi connectivity index (χ4n) is 5.44. The number of carbonyl (C=O) groups excluding carboxylic acids is 1. The Kier molecular flexibility index (Phi) is 8.80. The first-order valence-corrected chi connectivity index (χ1v) is 13.0. The van der Waals surface area contributed by atoms with Crippen molar-refractivity contribution in [2.75, 3.05) is 38.1 Å². The molecule has 8 heteroatoms. The van der Waals surface area contributed by atoms with E-state index < -0.39 is 17.6 Å². The van der Waals surface area contributed by atoms with E-state index in [1.807, 2.05) is 20.8 Å². The van der Waals surface area contributed by atoms with Gasteiger partial charge in [0.15, 0.2) is 0 Å². The molecule has 1 saturated heterocycles. The van der Waals surface area contributed by atoms with E-state index in [1.165, 1.54) is 6.07 Å². The van der Waals surface area contributed by atoms with Crippen molar-refractivity contribution < 1.29 is 18.0 Å². The van der Waals surface area contributed by atoms with Gasteiger partial charge in [0.2, 0.25) is 0 Å². The first kappa shape index (κ1) is 28.1. The number of benzene rings is 1. The summed E-state index contributed by atoms with van der Waals surface area (Å²) in [5, 5.41) is 6.31. The summed E-state index contributed by atoms with van der Waals surface area (Å²) in [5.74, 6) is -0.209. The first-order valence-electron chi connectivity index (χ1n) is 13.0. The van der Waals surface area contributed by atoms with E-state index in [0.717, 1.165) is 48.8 Å². The molecular formula is C28H41F3N4O. The van der Waals surface area contributed by atoms with E-state index in [9.17, 15) is 18.0 Å². The summed E-state index contributed by atoms with van der Waals surface area (Å²) in [6, 6.07) is 2.40. The van der Waals surface area contributed by atoms with Crippen molar-refractivity contribution >= 4 is 11.6 Å². The number of alkyl halides is 3. The fraction of sp³-hybridized carbons (Fsp3) is 0.607. The van der Waals surface area contributed by atoms with Gasteiger partial charge in [-0.25, -0.2) is 0 Å². The molecule has 1 atom stereocenters. The first-order chi connectivity index (χ1) is 16.8. The number of halogens is 3. The highest BCUT2D eigenvalue weighted by Crippen LogP contribution is 2.37. The van der Waals surface area contributed by atoms with Gasteiger partial charge in [0.25, 0.3) is 5.91 Å². The van der Waals surface area contributed by atoms with E-state index >= 15 is 0 Å². The number of hydrogen-bond donors (Lipinski definition) is 2. The van der Waals surface area contributed by atoms with Gasteiger partial charge in [-0.15, -0.1) is 0 Å².